The van der Waals surface area contributed by atoms with Gasteiger partial charge in [0.1, 0.15) is 0 Å². The van der Waals surface area contributed by atoms with Crippen molar-refractivity contribution in [1.82, 2.24) is 0 Å². The number of aliphatic hydroxyl groups excluding tert-OH is 2. The van der Waals surface area contributed by atoms with Crippen molar-refractivity contribution < 1.29 is 10.2 Å². The second kappa shape index (κ2) is 5.50. The molecule has 0 spiro atoms. The normalized spacial score (nSPS) is 52.0. The van der Waals surface area contributed by atoms with Crippen LogP contribution in [0.15, 0.2) is 11.6 Å². The van der Waals surface area contributed by atoms with Gasteiger partial charge >= 0.3 is 0 Å². The van der Waals surface area contributed by atoms with Crippen molar-refractivity contribution in [1.29, 1.82) is 10.8 Å². The SMILES string of the molecule is CC(=N)[C@H]1CCC2C3=CC(=N)[C@@H]4C[C@@H](O)[C@@H](O)C[C@]4(C)C3CC[C@@]21C. The molecule has 138 valence electrons. The fourth-order valence-corrected chi connectivity index (χ4v) is 7.16. The van der Waals surface area contributed by atoms with Gasteiger partial charge in [-0.05, 0) is 74.2 Å². The number of fused-ring (bicyclic) bond motifs is 5. The van der Waals surface area contributed by atoms with Crippen LogP contribution < -0.4 is 0 Å². The first-order valence-corrected chi connectivity index (χ1v) is 9.89. The predicted molar refractivity (Wildman–Crippen MR) is 99.1 cm³/mol. The Labute approximate surface area is 150 Å². The van der Waals surface area contributed by atoms with Gasteiger partial charge in [-0.2, -0.15) is 0 Å². The molecule has 0 amide bonds. The average Bonchev–Trinajstić information content (AvgIpc) is 2.88. The molecule has 0 bridgehead atoms. The molecule has 0 aliphatic heterocycles. The molecule has 2 unspecified atom stereocenters. The van der Waals surface area contributed by atoms with E-state index in [-0.39, 0.29) is 16.7 Å². The largest absolute Gasteiger partial charge is 0.390 e. The lowest BCUT2D eigenvalue weighted by atomic mass is 9.47. The van der Waals surface area contributed by atoms with Crippen LogP contribution in [-0.4, -0.2) is 33.8 Å². The van der Waals surface area contributed by atoms with Gasteiger partial charge in [-0.25, -0.2) is 0 Å². The maximum atomic E-state index is 10.3. The molecule has 3 fully saturated rings. The van der Waals surface area contributed by atoms with E-state index in [0.29, 0.717) is 36.3 Å². The highest BCUT2D eigenvalue weighted by Crippen LogP contribution is 2.65. The van der Waals surface area contributed by atoms with Crippen molar-refractivity contribution >= 4 is 11.4 Å². The highest BCUT2D eigenvalue weighted by molar-refractivity contribution is 5.97. The molecule has 4 aliphatic carbocycles. The van der Waals surface area contributed by atoms with E-state index in [4.69, 9.17) is 10.8 Å². The maximum Gasteiger partial charge on any atom is 0.0805 e. The fourth-order valence-electron chi connectivity index (χ4n) is 7.16. The Morgan fingerprint density at radius 3 is 2.40 bits per heavy atom. The smallest absolute Gasteiger partial charge is 0.0805 e. The molecule has 4 aliphatic rings. The summed E-state index contributed by atoms with van der Waals surface area (Å²) in [5, 5.41) is 37.4. The van der Waals surface area contributed by atoms with E-state index in [2.05, 4.69) is 19.9 Å². The van der Waals surface area contributed by atoms with Crippen LogP contribution in [0.25, 0.3) is 0 Å². The zero-order valence-electron chi connectivity index (χ0n) is 15.7. The molecular weight excluding hydrogens is 312 g/mol. The lowest BCUT2D eigenvalue weighted by Gasteiger charge is -2.58. The topological polar surface area (TPSA) is 88.2 Å². The molecule has 0 aromatic carbocycles. The predicted octanol–water partition coefficient (Wildman–Crippen LogP) is 3.57. The van der Waals surface area contributed by atoms with E-state index >= 15 is 0 Å². The molecule has 25 heavy (non-hydrogen) atoms. The zero-order valence-corrected chi connectivity index (χ0v) is 15.7. The fraction of sp³-hybridized carbons (Fsp3) is 0.810. The average molecular weight is 344 g/mol. The van der Waals surface area contributed by atoms with E-state index in [1.54, 1.807) is 0 Å². The number of allylic oxidation sites excluding steroid dienone is 2. The minimum atomic E-state index is -0.696. The summed E-state index contributed by atoms with van der Waals surface area (Å²) in [5.41, 5.74) is 2.93. The second-order valence-corrected chi connectivity index (χ2v) is 9.70. The zero-order chi connectivity index (χ0) is 18.1. The Hall–Kier alpha value is -1.00. The maximum absolute atomic E-state index is 10.3. The van der Waals surface area contributed by atoms with Crippen LogP contribution in [-0.2, 0) is 0 Å². The first kappa shape index (κ1) is 17.4. The van der Waals surface area contributed by atoms with Crippen molar-refractivity contribution in [2.45, 2.75) is 71.5 Å². The number of nitrogens with one attached hydrogen (secondary N) is 2. The Morgan fingerprint density at radius 2 is 1.72 bits per heavy atom. The molecule has 0 saturated heterocycles. The van der Waals surface area contributed by atoms with Gasteiger partial charge in [-0.1, -0.05) is 19.4 Å². The van der Waals surface area contributed by atoms with Crippen LogP contribution in [0.5, 0.6) is 0 Å². The molecule has 4 N–H and O–H groups in total. The number of rotatable bonds is 1. The first-order chi connectivity index (χ1) is 11.7. The number of hydrogen-bond donors (Lipinski definition) is 4. The molecule has 4 rings (SSSR count). The van der Waals surface area contributed by atoms with E-state index in [0.717, 1.165) is 31.4 Å². The lowest BCUT2D eigenvalue weighted by Crippen LogP contribution is -2.55. The molecule has 4 nitrogen and oxygen atoms in total. The minimum Gasteiger partial charge on any atom is -0.390 e. The van der Waals surface area contributed by atoms with Crippen LogP contribution in [0.3, 0.4) is 0 Å². The van der Waals surface area contributed by atoms with E-state index in [1.807, 2.05) is 6.92 Å². The molecule has 0 heterocycles. The summed E-state index contributed by atoms with van der Waals surface area (Å²) >= 11 is 0. The summed E-state index contributed by atoms with van der Waals surface area (Å²) in [6.45, 7) is 6.57. The van der Waals surface area contributed by atoms with Gasteiger partial charge in [0.2, 0.25) is 0 Å². The highest BCUT2D eigenvalue weighted by Gasteiger charge is 2.59. The summed E-state index contributed by atoms with van der Waals surface area (Å²) < 4.78 is 0. The highest BCUT2D eigenvalue weighted by atomic mass is 16.3. The Morgan fingerprint density at radius 1 is 1.04 bits per heavy atom. The molecule has 0 aromatic rings. The molecule has 3 saturated carbocycles. The van der Waals surface area contributed by atoms with E-state index in [9.17, 15) is 10.2 Å². The van der Waals surface area contributed by atoms with E-state index < -0.39 is 12.2 Å². The van der Waals surface area contributed by atoms with Gasteiger partial charge in [-0.3, -0.25) is 0 Å². The first-order valence-electron chi connectivity index (χ1n) is 9.89. The van der Waals surface area contributed by atoms with Gasteiger partial charge < -0.3 is 21.0 Å². The van der Waals surface area contributed by atoms with Crippen molar-refractivity contribution in [3.8, 4) is 0 Å². The van der Waals surface area contributed by atoms with Crippen LogP contribution in [0.4, 0.5) is 0 Å². The summed E-state index contributed by atoms with van der Waals surface area (Å²) in [4.78, 5) is 0. The van der Waals surface area contributed by atoms with Gasteiger partial charge in [0.25, 0.3) is 0 Å². The van der Waals surface area contributed by atoms with Crippen molar-refractivity contribution in [2.75, 3.05) is 0 Å². The van der Waals surface area contributed by atoms with Crippen LogP contribution in [0, 0.1) is 45.3 Å². The third-order valence-corrected chi connectivity index (χ3v) is 8.50. The van der Waals surface area contributed by atoms with Gasteiger partial charge in [0.05, 0.1) is 12.2 Å². The molecule has 8 atom stereocenters. The van der Waals surface area contributed by atoms with Crippen LogP contribution in [0.1, 0.15) is 59.3 Å². The standard InChI is InChI=1S/C21H32N2O2/c1-11(22)13-4-5-14-12-8-17(23)16-9-18(24)19(25)10-21(16,3)15(12)6-7-20(13,14)2/h8,13-16,18-19,22-25H,4-7,9-10H2,1-3H3/t13-,14?,15?,16+,18-,19+,20-,21-/m1/s1. The van der Waals surface area contributed by atoms with Gasteiger partial charge in [0.15, 0.2) is 0 Å². The summed E-state index contributed by atoms with van der Waals surface area (Å²) in [6, 6.07) is 0. The number of hydrogen-bond acceptors (Lipinski definition) is 4. The van der Waals surface area contributed by atoms with E-state index in [1.165, 1.54) is 5.57 Å². The van der Waals surface area contributed by atoms with Gasteiger partial charge in [-0.15, -0.1) is 0 Å². The van der Waals surface area contributed by atoms with Crippen molar-refractivity contribution in [3.63, 3.8) is 0 Å². The van der Waals surface area contributed by atoms with Gasteiger partial charge in [0, 0.05) is 23.3 Å². The summed E-state index contributed by atoms with van der Waals surface area (Å²) in [6.07, 6.45) is 6.32. The van der Waals surface area contributed by atoms with Crippen LogP contribution in [0.2, 0.25) is 0 Å². The lowest BCUT2D eigenvalue weighted by molar-refractivity contribution is -0.0877. The Kier molecular flexibility index (Phi) is 3.83. The van der Waals surface area contributed by atoms with Crippen molar-refractivity contribution in [2.24, 2.45) is 34.5 Å². The third kappa shape index (κ3) is 2.26. The summed E-state index contributed by atoms with van der Waals surface area (Å²) in [5.74, 6) is 1.32. The Bertz CT molecular complexity index is 656. The number of aliphatic hydroxyl groups is 2. The third-order valence-electron chi connectivity index (χ3n) is 8.50. The molecule has 4 heteroatoms. The minimum absolute atomic E-state index is 0.0608. The molecular formula is C21H32N2O2. The monoisotopic (exact) mass is 344 g/mol. The van der Waals surface area contributed by atoms with Crippen molar-refractivity contribution in [3.05, 3.63) is 11.6 Å². The van der Waals surface area contributed by atoms with Crippen LogP contribution >= 0.6 is 0 Å². The summed E-state index contributed by atoms with van der Waals surface area (Å²) in [7, 11) is 0. The Balaban J connectivity index is 1.74. The molecule has 0 radical (unpaired) electrons. The second-order valence-electron chi connectivity index (χ2n) is 9.70. The molecule has 0 aromatic heterocycles. The quantitative estimate of drug-likeness (QED) is 0.548.